The van der Waals surface area contributed by atoms with Gasteiger partial charge in [0.05, 0.1) is 19.8 Å². The van der Waals surface area contributed by atoms with Crippen molar-refractivity contribution >= 4 is 17.6 Å². The van der Waals surface area contributed by atoms with Crippen LogP contribution in [0.3, 0.4) is 0 Å². The van der Waals surface area contributed by atoms with Crippen LogP contribution >= 0.6 is 0 Å². The Bertz CT molecular complexity index is 665. The maximum absolute atomic E-state index is 11.5. The van der Waals surface area contributed by atoms with Crippen LogP contribution < -0.4 is 9.47 Å². The van der Waals surface area contributed by atoms with E-state index < -0.39 is 5.97 Å². The minimum Gasteiger partial charge on any atom is -0.493 e. The Kier molecular flexibility index (Phi) is 4.56. The molecule has 1 aromatic carbocycles. The van der Waals surface area contributed by atoms with E-state index in [2.05, 4.69) is 4.98 Å². The second kappa shape index (κ2) is 6.56. The molecule has 5 nitrogen and oxygen atoms in total. The highest BCUT2D eigenvalue weighted by Crippen LogP contribution is 2.31. The Morgan fingerprint density at radius 3 is 2.33 bits per heavy atom. The first-order chi connectivity index (χ1) is 10.2. The van der Waals surface area contributed by atoms with Gasteiger partial charge in [0.25, 0.3) is 0 Å². The number of carboxylic acids is 1. The van der Waals surface area contributed by atoms with Crippen LogP contribution in [-0.2, 0) is 4.79 Å². The highest BCUT2D eigenvalue weighted by Gasteiger charge is 2.13. The van der Waals surface area contributed by atoms with Gasteiger partial charge >= 0.3 is 5.97 Å². The SMILES string of the molecule is COc1ccc(/C(=C\c2ccncc2)C(=O)O)cc1OC. The normalized spacial score (nSPS) is 11.0. The number of carboxylic acid groups (broad SMARTS) is 1. The van der Waals surface area contributed by atoms with Crippen molar-refractivity contribution in [3.8, 4) is 11.5 Å². The number of hydrogen-bond acceptors (Lipinski definition) is 4. The van der Waals surface area contributed by atoms with Gasteiger partial charge in [0.15, 0.2) is 11.5 Å². The Balaban J connectivity index is 2.49. The molecule has 0 fully saturated rings. The van der Waals surface area contributed by atoms with Gasteiger partial charge in [-0.1, -0.05) is 6.07 Å². The Morgan fingerprint density at radius 2 is 1.76 bits per heavy atom. The third-order valence-corrected chi connectivity index (χ3v) is 2.94. The van der Waals surface area contributed by atoms with Crippen molar-refractivity contribution in [1.29, 1.82) is 0 Å². The fraction of sp³-hybridized carbons (Fsp3) is 0.125. The summed E-state index contributed by atoms with van der Waals surface area (Å²) in [6.45, 7) is 0. The summed E-state index contributed by atoms with van der Waals surface area (Å²) in [5.41, 5.74) is 1.47. The van der Waals surface area contributed by atoms with E-state index in [1.807, 2.05) is 0 Å². The van der Waals surface area contributed by atoms with Crippen molar-refractivity contribution in [3.63, 3.8) is 0 Å². The maximum Gasteiger partial charge on any atom is 0.336 e. The summed E-state index contributed by atoms with van der Waals surface area (Å²) in [7, 11) is 3.04. The number of carbonyl (C=O) groups is 1. The zero-order valence-electron chi connectivity index (χ0n) is 11.7. The Morgan fingerprint density at radius 1 is 1.10 bits per heavy atom. The van der Waals surface area contributed by atoms with Crippen LogP contribution in [0.25, 0.3) is 11.6 Å². The topological polar surface area (TPSA) is 68.7 Å². The first-order valence-corrected chi connectivity index (χ1v) is 6.23. The lowest BCUT2D eigenvalue weighted by Crippen LogP contribution is -2.01. The van der Waals surface area contributed by atoms with Crippen molar-refractivity contribution in [3.05, 3.63) is 53.9 Å². The predicted molar refractivity (Wildman–Crippen MR) is 79.3 cm³/mol. The molecule has 0 aliphatic carbocycles. The van der Waals surface area contributed by atoms with E-state index in [1.165, 1.54) is 14.2 Å². The van der Waals surface area contributed by atoms with Crippen molar-refractivity contribution in [1.82, 2.24) is 4.98 Å². The van der Waals surface area contributed by atoms with Gasteiger partial charge in [0.1, 0.15) is 0 Å². The summed E-state index contributed by atoms with van der Waals surface area (Å²) in [5, 5.41) is 9.42. The summed E-state index contributed by atoms with van der Waals surface area (Å²) >= 11 is 0. The predicted octanol–water partition coefficient (Wildman–Crippen LogP) is 2.72. The Hall–Kier alpha value is -2.82. The zero-order chi connectivity index (χ0) is 15.2. The largest absolute Gasteiger partial charge is 0.493 e. The molecule has 0 amide bonds. The number of hydrogen-bond donors (Lipinski definition) is 1. The number of aromatic nitrogens is 1. The molecular weight excluding hydrogens is 270 g/mol. The van der Waals surface area contributed by atoms with E-state index >= 15 is 0 Å². The van der Waals surface area contributed by atoms with Crippen LogP contribution in [0, 0.1) is 0 Å². The van der Waals surface area contributed by atoms with Gasteiger partial charge in [-0.3, -0.25) is 4.98 Å². The van der Waals surface area contributed by atoms with E-state index in [4.69, 9.17) is 9.47 Å². The number of methoxy groups -OCH3 is 2. The second-order valence-electron chi connectivity index (χ2n) is 4.21. The van der Waals surface area contributed by atoms with Gasteiger partial charge in [0.2, 0.25) is 0 Å². The molecule has 108 valence electrons. The van der Waals surface area contributed by atoms with Gasteiger partial charge < -0.3 is 14.6 Å². The smallest absolute Gasteiger partial charge is 0.336 e. The summed E-state index contributed by atoms with van der Waals surface area (Å²) in [5.74, 6) is 0.0193. The molecule has 2 aromatic rings. The number of nitrogens with zero attached hydrogens (tertiary/aromatic N) is 1. The lowest BCUT2D eigenvalue weighted by atomic mass is 10.0. The third kappa shape index (κ3) is 3.39. The van der Waals surface area contributed by atoms with Gasteiger partial charge in [0, 0.05) is 12.4 Å². The monoisotopic (exact) mass is 285 g/mol. The fourth-order valence-electron chi connectivity index (χ4n) is 1.90. The summed E-state index contributed by atoms with van der Waals surface area (Å²) in [6, 6.07) is 8.48. The van der Waals surface area contributed by atoms with Crippen molar-refractivity contribution < 1.29 is 19.4 Å². The first-order valence-electron chi connectivity index (χ1n) is 6.23. The molecule has 0 aliphatic rings. The standard InChI is InChI=1S/C16H15NO4/c1-20-14-4-3-12(10-15(14)21-2)13(16(18)19)9-11-5-7-17-8-6-11/h3-10H,1-2H3,(H,18,19)/b13-9+. The number of aliphatic carboxylic acids is 1. The highest BCUT2D eigenvalue weighted by molar-refractivity contribution is 6.20. The number of ether oxygens (including phenoxy) is 2. The number of pyridine rings is 1. The van der Waals surface area contributed by atoms with Crippen LogP contribution in [0.4, 0.5) is 0 Å². The average molecular weight is 285 g/mol. The quantitative estimate of drug-likeness (QED) is 0.855. The van der Waals surface area contributed by atoms with Crippen LogP contribution in [0.15, 0.2) is 42.7 Å². The van der Waals surface area contributed by atoms with Gasteiger partial charge in [-0.15, -0.1) is 0 Å². The molecule has 0 saturated heterocycles. The minimum absolute atomic E-state index is 0.169. The molecule has 1 N–H and O–H groups in total. The number of rotatable bonds is 5. The molecule has 1 heterocycles. The molecular formula is C16H15NO4. The van der Waals surface area contributed by atoms with Crippen molar-refractivity contribution in [2.45, 2.75) is 0 Å². The molecule has 1 aromatic heterocycles. The molecule has 5 heteroatoms. The van der Waals surface area contributed by atoms with Gasteiger partial charge in [-0.05, 0) is 41.5 Å². The summed E-state index contributed by atoms with van der Waals surface area (Å²) < 4.78 is 10.4. The van der Waals surface area contributed by atoms with Crippen LogP contribution in [0.5, 0.6) is 11.5 Å². The molecule has 0 radical (unpaired) electrons. The highest BCUT2D eigenvalue weighted by atomic mass is 16.5. The molecule has 0 aliphatic heterocycles. The molecule has 2 rings (SSSR count). The molecule has 0 unspecified atom stereocenters. The molecule has 0 bridgehead atoms. The molecule has 0 saturated carbocycles. The van der Waals surface area contributed by atoms with Crippen LogP contribution in [0.1, 0.15) is 11.1 Å². The van der Waals surface area contributed by atoms with Gasteiger partial charge in [-0.25, -0.2) is 4.79 Å². The number of benzene rings is 1. The van der Waals surface area contributed by atoms with E-state index in [0.29, 0.717) is 17.1 Å². The van der Waals surface area contributed by atoms with Crippen molar-refractivity contribution in [2.75, 3.05) is 14.2 Å². The van der Waals surface area contributed by atoms with Gasteiger partial charge in [-0.2, -0.15) is 0 Å². The lowest BCUT2D eigenvalue weighted by Gasteiger charge is -2.10. The minimum atomic E-state index is -1.01. The molecule has 0 spiro atoms. The lowest BCUT2D eigenvalue weighted by molar-refractivity contribution is -0.130. The van der Waals surface area contributed by atoms with E-state index in [1.54, 1.807) is 48.8 Å². The zero-order valence-corrected chi connectivity index (χ0v) is 11.7. The second-order valence-corrected chi connectivity index (χ2v) is 4.21. The summed E-state index contributed by atoms with van der Waals surface area (Å²) in [6.07, 6.45) is 4.81. The summed E-state index contributed by atoms with van der Waals surface area (Å²) in [4.78, 5) is 15.4. The average Bonchev–Trinajstić information content (AvgIpc) is 2.52. The molecule has 21 heavy (non-hydrogen) atoms. The maximum atomic E-state index is 11.5. The van der Waals surface area contributed by atoms with E-state index in [-0.39, 0.29) is 5.57 Å². The fourth-order valence-corrected chi connectivity index (χ4v) is 1.90. The Labute approximate surface area is 122 Å². The van der Waals surface area contributed by atoms with Crippen LogP contribution in [-0.4, -0.2) is 30.3 Å². The third-order valence-electron chi connectivity index (χ3n) is 2.94. The van der Waals surface area contributed by atoms with E-state index in [0.717, 1.165) is 5.56 Å². The molecule has 0 atom stereocenters. The first kappa shape index (κ1) is 14.6. The van der Waals surface area contributed by atoms with Crippen molar-refractivity contribution in [2.24, 2.45) is 0 Å². The van der Waals surface area contributed by atoms with Crippen LogP contribution in [0.2, 0.25) is 0 Å². The van der Waals surface area contributed by atoms with E-state index in [9.17, 15) is 9.90 Å².